The summed E-state index contributed by atoms with van der Waals surface area (Å²) in [6.07, 6.45) is 2.76. The van der Waals surface area contributed by atoms with Crippen LogP contribution in [0.25, 0.3) is 0 Å². The Morgan fingerprint density at radius 2 is 1.90 bits per heavy atom. The van der Waals surface area contributed by atoms with Crippen LogP contribution in [0.15, 0.2) is 29.2 Å². The van der Waals surface area contributed by atoms with Crippen LogP contribution in [0.4, 0.5) is 0 Å². The van der Waals surface area contributed by atoms with Gasteiger partial charge < -0.3 is 11.1 Å². The minimum Gasteiger partial charge on any atom is -0.352 e. The summed E-state index contributed by atoms with van der Waals surface area (Å²) in [5.74, 6) is -0.123. The van der Waals surface area contributed by atoms with E-state index in [-0.39, 0.29) is 17.3 Å². The number of nitrogens with one attached hydrogen (secondary N) is 2. The highest BCUT2D eigenvalue weighted by Gasteiger charge is 2.33. The van der Waals surface area contributed by atoms with Crippen molar-refractivity contribution in [2.45, 2.75) is 43.2 Å². The monoisotopic (exact) mass is 311 g/mol. The molecule has 4 N–H and O–H groups in total. The standard InChI is InChI=1S/C14H21N3O3S/c1-11(18)16-9-12-3-5-13(6-4-12)21(19,20)17-10-14(15)7-2-8-14/h3-6,17H,2,7-10,15H2,1H3,(H,16,18). The van der Waals surface area contributed by atoms with Crippen molar-refractivity contribution in [1.82, 2.24) is 10.0 Å². The number of amides is 1. The van der Waals surface area contributed by atoms with Gasteiger partial charge in [-0.25, -0.2) is 13.1 Å². The molecular formula is C14H21N3O3S. The molecule has 0 aliphatic heterocycles. The van der Waals surface area contributed by atoms with E-state index >= 15 is 0 Å². The molecule has 2 rings (SSSR count). The van der Waals surface area contributed by atoms with Crippen LogP contribution >= 0.6 is 0 Å². The molecule has 0 saturated heterocycles. The van der Waals surface area contributed by atoms with Crippen molar-refractivity contribution in [2.75, 3.05) is 6.54 Å². The molecule has 1 aliphatic rings. The van der Waals surface area contributed by atoms with E-state index < -0.39 is 15.6 Å². The number of hydrogen-bond acceptors (Lipinski definition) is 4. The molecule has 0 bridgehead atoms. The Hall–Kier alpha value is -1.44. The number of rotatable bonds is 6. The predicted molar refractivity (Wildman–Crippen MR) is 79.9 cm³/mol. The second kappa shape index (κ2) is 6.13. The normalized spacial score (nSPS) is 17.0. The zero-order valence-corrected chi connectivity index (χ0v) is 12.9. The van der Waals surface area contributed by atoms with Crippen molar-refractivity contribution in [3.63, 3.8) is 0 Å². The number of carbonyl (C=O) groups excluding carboxylic acids is 1. The van der Waals surface area contributed by atoms with Crippen LogP contribution in [-0.4, -0.2) is 26.4 Å². The second-order valence-electron chi connectivity index (χ2n) is 5.59. The molecule has 1 aromatic rings. The Balaban J connectivity index is 1.97. The molecule has 7 heteroatoms. The van der Waals surface area contributed by atoms with Gasteiger partial charge in [-0.15, -0.1) is 0 Å². The van der Waals surface area contributed by atoms with Crippen LogP contribution in [0.5, 0.6) is 0 Å². The lowest BCUT2D eigenvalue weighted by Gasteiger charge is -2.38. The van der Waals surface area contributed by atoms with Gasteiger partial charge in [-0.1, -0.05) is 12.1 Å². The maximum Gasteiger partial charge on any atom is 0.240 e. The number of sulfonamides is 1. The lowest BCUT2D eigenvalue weighted by molar-refractivity contribution is -0.119. The van der Waals surface area contributed by atoms with Gasteiger partial charge in [0.2, 0.25) is 15.9 Å². The first kappa shape index (κ1) is 15.9. The average molecular weight is 311 g/mol. The molecule has 21 heavy (non-hydrogen) atoms. The average Bonchev–Trinajstić information content (AvgIpc) is 2.41. The molecule has 0 heterocycles. The summed E-state index contributed by atoms with van der Waals surface area (Å²) < 4.78 is 26.9. The third-order valence-electron chi connectivity index (χ3n) is 3.74. The molecule has 0 unspecified atom stereocenters. The first-order valence-electron chi connectivity index (χ1n) is 6.93. The summed E-state index contributed by atoms with van der Waals surface area (Å²) in [5, 5.41) is 2.66. The molecular weight excluding hydrogens is 290 g/mol. The minimum absolute atomic E-state index is 0.123. The van der Waals surface area contributed by atoms with Crippen LogP contribution < -0.4 is 15.8 Å². The lowest BCUT2D eigenvalue weighted by Crippen LogP contribution is -2.54. The summed E-state index contributed by atoms with van der Waals surface area (Å²) in [5.41, 5.74) is 6.47. The summed E-state index contributed by atoms with van der Waals surface area (Å²) in [4.78, 5) is 11.0. The fourth-order valence-corrected chi connectivity index (χ4v) is 3.28. The highest BCUT2D eigenvalue weighted by atomic mass is 32.2. The van der Waals surface area contributed by atoms with Crippen LogP contribution in [0.1, 0.15) is 31.7 Å². The molecule has 0 aromatic heterocycles. The fraction of sp³-hybridized carbons (Fsp3) is 0.500. The van der Waals surface area contributed by atoms with Crippen molar-refractivity contribution in [3.8, 4) is 0 Å². The van der Waals surface area contributed by atoms with Gasteiger partial charge in [0.25, 0.3) is 0 Å². The molecule has 0 atom stereocenters. The number of nitrogens with two attached hydrogens (primary N) is 1. The van der Waals surface area contributed by atoms with Crippen molar-refractivity contribution < 1.29 is 13.2 Å². The summed E-state index contributed by atoms with van der Waals surface area (Å²) >= 11 is 0. The van der Waals surface area contributed by atoms with Gasteiger partial charge in [-0.05, 0) is 37.0 Å². The SMILES string of the molecule is CC(=O)NCc1ccc(S(=O)(=O)NCC2(N)CCC2)cc1. The molecule has 116 valence electrons. The zero-order chi connectivity index (χ0) is 15.5. The predicted octanol–water partition coefficient (Wildman–Crippen LogP) is 0.482. The van der Waals surface area contributed by atoms with Gasteiger partial charge in [-0.3, -0.25) is 4.79 Å². The molecule has 1 fully saturated rings. The van der Waals surface area contributed by atoms with Gasteiger partial charge in [0, 0.05) is 25.6 Å². The Morgan fingerprint density at radius 1 is 1.29 bits per heavy atom. The smallest absolute Gasteiger partial charge is 0.240 e. The topological polar surface area (TPSA) is 101 Å². The molecule has 0 radical (unpaired) electrons. The second-order valence-corrected chi connectivity index (χ2v) is 7.36. The van der Waals surface area contributed by atoms with E-state index in [1.54, 1.807) is 12.1 Å². The third kappa shape index (κ3) is 4.26. The van der Waals surface area contributed by atoms with E-state index in [0.29, 0.717) is 6.54 Å². The van der Waals surface area contributed by atoms with Gasteiger partial charge in [0.15, 0.2) is 0 Å². The highest BCUT2D eigenvalue weighted by Crippen LogP contribution is 2.28. The van der Waals surface area contributed by atoms with E-state index in [4.69, 9.17) is 5.73 Å². The molecule has 0 spiro atoms. The van der Waals surface area contributed by atoms with Crippen molar-refractivity contribution in [1.29, 1.82) is 0 Å². The van der Waals surface area contributed by atoms with Gasteiger partial charge in [-0.2, -0.15) is 0 Å². The van der Waals surface area contributed by atoms with Crippen molar-refractivity contribution >= 4 is 15.9 Å². The van der Waals surface area contributed by atoms with E-state index in [1.807, 2.05) is 0 Å². The Kier molecular flexibility index (Phi) is 4.65. The molecule has 6 nitrogen and oxygen atoms in total. The zero-order valence-electron chi connectivity index (χ0n) is 12.1. The maximum absolute atomic E-state index is 12.2. The Bertz CT molecular complexity index is 607. The molecule has 1 aromatic carbocycles. The first-order chi connectivity index (χ1) is 9.81. The molecule has 1 amide bonds. The first-order valence-corrected chi connectivity index (χ1v) is 8.41. The minimum atomic E-state index is -3.54. The van der Waals surface area contributed by atoms with Crippen LogP contribution in [0.2, 0.25) is 0 Å². The van der Waals surface area contributed by atoms with Gasteiger partial charge >= 0.3 is 0 Å². The van der Waals surface area contributed by atoms with Crippen molar-refractivity contribution in [3.05, 3.63) is 29.8 Å². The van der Waals surface area contributed by atoms with E-state index in [2.05, 4.69) is 10.0 Å². The number of benzene rings is 1. The summed E-state index contributed by atoms with van der Waals surface area (Å²) in [6, 6.07) is 6.44. The van der Waals surface area contributed by atoms with E-state index in [9.17, 15) is 13.2 Å². The fourth-order valence-electron chi connectivity index (χ4n) is 2.14. The summed E-state index contributed by atoms with van der Waals surface area (Å²) in [7, 11) is -3.54. The van der Waals surface area contributed by atoms with Gasteiger partial charge in [0.1, 0.15) is 0 Å². The maximum atomic E-state index is 12.2. The largest absolute Gasteiger partial charge is 0.352 e. The Morgan fingerprint density at radius 3 is 2.38 bits per heavy atom. The van der Waals surface area contributed by atoms with Crippen molar-refractivity contribution in [2.24, 2.45) is 5.73 Å². The van der Waals surface area contributed by atoms with Gasteiger partial charge in [0.05, 0.1) is 4.90 Å². The number of hydrogen-bond donors (Lipinski definition) is 3. The van der Waals surface area contributed by atoms with Crippen LogP contribution in [-0.2, 0) is 21.4 Å². The lowest BCUT2D eigenvalue weighted by atomic mass is 9.78. The molecule has 1 aliphatic carbocycles. The summed E-state index contributed by atoms with van der Waals surface area (Å²) in [6.45, 7) is 2.09. The van der Waals surface area contributed by atoms with E-state index in [1.165, 1.54) is 19.1 Å². The third-order valence-corrected chi connectivity index (χ3v) is 5.16. The quantitative estimate of drug-likeness (QED) is 0.711. The molecule has 1 saturated carbocycles. The number of carbonyl (C=O) groups is 1. The Labute approximate surface area is 125 Å². The van der Waals surface area contributed by atoms with Crippen LogP contribution in [0, 0.1) is 0 Å². The highest BCUT2D eigenvalue weighted by molar-refractivity contribution is 7.89. The van der Waals surface area contributed by atoms with E-state index in [0.717, 1.165) is 24.8 Å². The van der Waals surface area contributed by atoms with Crippen LogP contribution in [0.3, 0.4) is 0 Å².